The van der Waals surface area contributed by atoms with Crippen LogP contribution in [0.1, 0.15) is 0 Å². The second-order valence-corrected chi connectivity index (χ2v) is 12.2. The summed E-state index contributed by atoms with van der Waals surface area (Å²) < 4.78 is 25.3. The van der Waals surface area contributed by atoms with Gasteiger partial charge in [0.2, 0.25) is 0 Å². The Kier molecular flexibility index (Phi) is 5.41. The SMILES string of the molecule is [OH][GeH]([OH])[O]c1cccc2c3nc4nc(nc5[nH]c(nc6nc(nc([nH]3)c12)-c1ccccc1-6)c1ccccc51)-c1ccccc1-4. The van der Waals surface area contributed by atoms with E-state index in [9.17, 15) is 8.27 Å². The molecule has 0 radical (unpaired) electrons. The molecule has 9 rings (SSSR count). The van der Waals surface area contributed by atoms with Gasteiger partial charge in [-0.2, -0.15) is 0 Å². The van der Waals surface area contributed by atoms with Crippen LogP contribution in [0.25, 0.3) is 89.7 Å². The molecule has 44 heavy (non-hydrogen) atoms. The molecule has 2 aliphatic heterocycles. The summed E-state index contributed by atoms with van der Waals surface area (Å²) in [6, 6.07) is 28.9. The van der Waals surface area contributed by atoms with Gasteiger partial charge in [0, 0.05) is 0 Å². The van der Waals surface area contributed by atoms with Gasteiger partial charge in [0.05, 0.1) is 0 Å². The van der Waals surface area contributed by atoms with Gasteiger partial charge in [-0.1, -0.05) is 18.2 Å². The van der Waals surface area contributed by atoms with Crippen LogP contribution in [-0.4, -0.2) is 63.5 Å². The van der Waals surface area contributed by atoms with Crippen molar-refractivity contribution in [1.82, 2.24) is 39.9 Å². The number of benzene rings is 4. The van der Waals surface area contributed by atoms with Crippen molar-refractivity contribution in [2.24, 2.45) is 0 Å². The van der Waals surface area contributed by atoms with E-state index in [-0.39, 0.29) is 0 Å². The number of aromatic nitrogens is 8. The Morgan fingerprint density at radius 2 is 0.864 bits per heavy atom. The fourth-order valence-corrected chi connectivity index (χ4v) is 6.76. The first kappa shape index (κ1) is 25.0. The Labute approximate surface area is 253 Å². The van der Waals surface area contributed by atoms with Crippen LogP contribution in [0.2, 0.25) is 0 Å². The number of rotatable bonds is 2. The standard InChI is InChI=1S/C32H20GeN8O3/c42-33(43)44-23-15-7-14-22-24(23)32-40-30-21-13-6-5-12-20(21)28(38-30)36-26-17-9-2-1-8-16(17)25(34-26)35-27-18-10-3-4-11-19(18)29(37-27)39-31(22)41-32/h1-15,33,42-43H,(H2,34,35,36,37,38,39,40,41). The first-order valence-corrected chi connectivity index (χ1v) is 17.0. The monoisotopic (exact) mass is 638 g/mol. The summed E-state index contributed by atoms with van der Waals surface area (Å²) in [6.45, 7) is 0. The van der Waals surface area contributed by atoms with Crippen LogP contribution >= 0.6 is 0 Å². The topological polar surface area (TPSA) is 159 Å². The van der Waals surface area contributed by atoms with Gasteiger partial charge in [0.15, 0.2) is 0 Å². The summed E-state index contributed by atoms with van der Waals surface area (Å²) in [7, 11) is 0. The van der Waals surface area contributed by atoms with Gasteiger partial charge in [-0.3, -0.25) is 0 Å². The molecule has 4 aromatic carbocycles. The zero-order valence-corrected chi connectivity index (χ0v) is 25.1. The van der Waals surface area contributed by atoms with Crippen molar-refractivity contribution in [2.75, 3.05) is 0 Å². The Morgan fingerprint density at radius 1 is 0.455 bits per heavy atom. The molecule has 12 heteroatoms. The molecule has 8 bridgehead atoms. The zero-order valence-electron chi connectivity index (χ0n) is 22.7. The Bertz CT molecular complexity index is 2480. The van der Waals surface area contributed by atoms with E-state index in [1.54, 1.807) is 12.1 Å². The third kappa shape index (κ3) is 3.84. The minimum atomic E-state index is -3.92. The first-order chi connectivity index (χ1) is 21.6. The van der Waals surface area contributed by atoms with Crippen LogP contribution in [0.5, 0.6) is 5.75 Å². The Balaban J connectivity index is 1.50. The molecule has 7 aromatic rings. The van der Waals surface area contributed by atoms with E-state index in [4.69, 9.17) is 33.7 Å². The van der Waals surface area contributed by atoms with Crippen molar-refractivity contribution in [3.63, 3.8) is 0 Å². The van der Waals surface area contributed by atoms with Crippen molar-refractivity contribution >= 4 is 59.5 Å². The van der Waals surface area contributed by atoms with Gasteiger partial charge in [-0.05, 0) is 0 Å². The van der Waals surface area contributed by atoms with Crippen molar-refractivity contribution in [3.8, 4) is 51.3 Å². The Morgan fingerprint density at radius 3 is 1.36 bits per heavy atom. The number of aromatic amines is 2. The summed E-state index contributed by atoms with van der Waals surface area (Å²) in [5, 5.41) is 3.04. The average molecular weight is 637 g/mol. The van der Waals surface area contributed by atoms with Gasteiger partial charge >= 0.3 is 235 Å². The fourth-order valence-electron chi connectivity index (χ4n) is 5.87. The van der Waals surface area contributed by atoms with E-state index in [2.05, 4.69) is 9.97 Å². The van der Waals surface area contributed by atoms with Gasteiger partial charge in [-0.25, -0.2) is 0 Å². The fraction of sp³-hybridized carbons (Fsp3) is 0. The second kappa shape index (κ2) is 9.51. The van der Waals surface area contributed by atoms with E-state index in [1.807, 2.05) is 78.9 Å². The molecule has 11 nitrogen and oxygen atoms in total. The van der Waals surface area contributed by atoms with Crippen LogP contribution < -0.4 is 3.76 Å². The normalized spacial score (nSPS) is 12.1. The summed E-state index contributed by atoms with van der Waals surface area (Å²) >= 11 is -3.92. The second-order valence-electron chi connectivity index (χ2n) is 10.4. The number of hydrogen-bond acceptors (Lipinski definition) is 9. The van der Waals surface area contributed by atoms with Gasteiger partial charge in [0.25, 0.3) is 0 Å². The summed E-state index contributed by atoms with van der Waals surface area (Å²) in [5.74, 6) is 2.25. The molecule has 0 unspecified atom stereocenters. The van der Waals surface area contributed by atoms with Crippen molar-refractivity contribution < 1.29 is 12.0 Å². The van der Waals surface area contributed by atoms with E-state index < -0.39 is 15.4 Å². The minimum absolute atomic E-state index is 0.300. The number of H-pyrrole nitrogens is 2. The number of hydrogen-bond donors (Lipinski definition) is 4. The summed E-state index contributed by atoms with van der Waals surface area (Å²) in [5.41, 5.74) is 5.47. The molecule has 0 saturated carbocycles. The Hall–Kier alpha value is -5.50. The van der Waals surface area contributed by atoms with Crippen LogP contribution in [-0.2, 0) is 0 Å². The molecule has 0 fully saturated rings. The molecular weight excluding hydrogens is 617 g/mol. The first-order valence-electron chi connectivity index (χ1n) is 13.9. The third-order valence-corrected chi connectivity index (χ3v) is 8.75. The van der Waals surface area contributed by atoms with E-state index in [0.717, 1.165) is 33.0 Å². The number of nitrogens with one attached hydrogen (secondary N) is 2. The average Bonchev–Trinajstić information content (AvgIpc) is 3.77. The van der Waals surface area contributed by atoms with Crippen molar-refractivity contribution in [2.45, 2.75) is 0 Å². The predicted octanol–water partition coefficient (Wildman–Crippen LogP) is 4.95. The van der Waals surface area contributed by atoms with Crippen LogP contribution in [0.3, 0.4) is 0 Å². The van der Waals surface area contributed by atoms with E-state index in [1.165, 1.54) is 0 Å². The summed E-state index contributed by atoms with van der Waals surface area (Å²) in [6.07, 6.45) is 0. The van der Waals surface area contributed by atoms with Gasteiger partial charge < -0.3 is 0 Å². The van der Waals surface area contributed by atoms with E-state index >= 15 is 0 Å². The van der Waals surface area contributed by atoms with E-state index in [0.29, 0.717) is 62.4 Å². The van der Waals surface area contributed by atoms with Crippen LogP contribution in [0.4, 0.5) is 0 Å². The molecule has 5 heterocycles. The van der Waals surface area contributed by atoms with Crippen molar-refractivity contribution in [1.29, 1.82) is 0 Å². The van der Waals surface area contributed by atoms with Gasteiger partial charge in [-0.15, -0.1) is 0 Å². The molecule has 0 amide bonds. The molecule has 0 saturated heterocycles. The van der Waals surface area contributed by atoms with Crippen molar-refractivity contribution in [3.05, 3.63) is 91.0 Å². The summed E-state index contributed by atoms with van der Waals surface area (Å²) in [4.78, 5) is 36.4. The zero-order chi connectivity index (χ0) is 29.4. The molecule has 4 N–H and O–H groups in total. The third-order valence-electron chi connectivity index (χ3n) is 7.77. The molecular formula is C32H20GeN8O3. The molecule has 0 aliphatic carbocycles. The maximum absolute atomic E-state index is 9.87. The predicted molar refractivity (Wildman–Crippen MR) is 168 cm³/mol. The molecule has 0 spiro atoms. The number of nitrogens with zero attached hydrogens (tertiary/aromatic N) is 6. The molecule has 3 aromatic heterocycles. The molecule has 210 valence electrons. The van der Waals surface area contributed by atoms with Crippen LogP contribution in [0.15, 0.2) is 91.0 Å². The van der Waals surface area contributed by atoms with Gasteiger partial charge in [0.1, 0.15) is 0 Å². The maximum atomic E-state index is 9.87. The molecule has 2 aliphatic rings. The van der Waals surface area contributed by atoms with Crippen LogP contribution in [0, 0.1) is 0 Å². The quantitative estimate of drug-likeness (QED) is 0.193. The number of fused-ring (bicyclic) bond motifs is 20. The molecule has 0 atom stereocenters.